The van der Waals surface area contributed by atoms with E-state index in [4.69, 9.17) is 0 Å². The number of alkyl halides is 3. The van der Waals surface area contributed by atoms with E-state index in [1.807, 2.05) is 23.6 Å². The van der Waals surface area contributed by atoms with Crippen molar-refractivity contribution in [1.29, 1.82) is 0 Å². The highest BCUT2D eigenvalue weighted by molar-refractivity contribution is 9.10. The van der Waals surface area contributed by atoms with Gasteiger partial charge in [-0.25, -0.2) is 9.97 Å². The van der Waals surface area contributed by atoms with Crippen LogP contribution in [-0.2, 0) is 11.0 Å². The third-order valence-corrected chi connectivity index (χ3v) is 5.31. The summed E-state index contributed by atoms with van der Waals surface area (Å²) in [5, 5.41) is 2.82. The molecule has 29 heavy (non-hydrogen) atoms. The number of rotatable bonds is 4. The van der Waals surface area contributed by atoms with Crippen LogP contribution in [0.25, 0.3) is 0 Å². The zero-order valence-electron chi connectivity index (χ0n) is 15.9. The molecule has 1 saturated heterocycles. The summed E-state index contributed by atoms with van der Waals surface area (Å²) in [4.78, 5) is 24.5. The molecule has 2 unspecified atom stereocenters. The quantitative estimate of drug-likeness (QED) is 0.687. The molecule has 1 amide bonds. The van der Waals surface area contributed by atoms with E-state index in [2.05, 4.69) is 31.2 Å². The number of carbonyl (C=O) groups excluding carboxylic acids is 1. The number of amides is 1. The Balaban J connectivity index is 1.60. The van der Waals surface area contributed by atoms with E-state index in [1.165, 1.54) is 6.07 Å². The second-order valence-corrected chi connectivity index (χ2v) is 7.91. The summed E-state index contributed by atoms with van der Waals surface area (Å²) in [7, 11) is 0. The number of anilines is 2. The first-order valence-corrected chi connectivity index (χ1v) is 9.88. The number of halogens is 4. The summed E-state index contributed by atoms with van der Waals surface area (Å²) < 4.78 is 38.9. The van der Waals surface area contributed by atoms with Gasteiger partial charge in [-0.05, 0) is 54.0 Å². The van der Waals surface area contributed by atoms with Crippen molar-refractivity contribution in [3.05, 3.63) is 46.8 Å². The summed E-state index contributed by atoms with van der Waals surface area (Å²) >= 11 is 3.25. The fourth-order valence-corrected chi connectivity index (χ4v) is 3.53. The van der Waals surface area contributed by atoms with Crippen LogP contribution in [0.2, 0.25) is 0 Å². The lowest BCUT2D eigenvalue weighted by Gasteiger charge is -2.44. The highest BCUT2D eigenvalue weighted by atomic mass is 79.9. The first kappa shape index (κ1) is 21.5. The molecular formula is C19H21BrF3N5O. The fraction of sp³-hybridized carbons (Fsp3) is 0.421. The van der Waals surface area contributed by atoms with E-state index >= 15 is 0 Å². The number of pyridine rings is 2. The average molecular weight is 472 g/mol. The van der Waals surface area contributed by atoms with Crippen molar-refractivity contribution < 1.29 is 18.0 Å². The number of nitrogens with one attached hydrogen (secondary N) is 1. The Bertz CT molecular complexity index is 844. The molecule has 0 spiro atoms. The molecule has 2 aromatic rings. The van der Waals surface area contributed by atoms with Gasteiger partial charge in [-0.2, -0.15) is 13.2 Å². The molecule has 6 nitrogen and oxygen atoms in total. The van der Waals surface area contributed by atoms with Crippen LogP contribution in [0.1, 0.15) is 19.4 Å². The van der Waals surface area contributed by atoms with Crippen LogP contribution < -0.4 is 10.2 Å². The van der Waals surface area contributed by atoms with Gasteiger partial charge in [0.15, 0.2) is 0 Å². The maximum atomic E-state index is 12.7. The first-order valence-electron chi connectivity index (χ1n) is 9.09. The molecule has 0 bridgehead atoms. The Morgan fingerprint density at radius 3 is 2.48 bits per heavy atom. The van der Waals surface area contributed by atoms with E-state index in [9.17, 15) is 18.0 Å². The third-order valence-electron chi connectivity index (χ3n) is 4.84. The molecule has 10 heteroatoms. The first-order chi connectivity index (χ1) is 13.6. The lowest BCUT2D eigenvalue weighted by atomic mass is 10.1. The van der Waals surface area contributed by atoms with E-state index in [1.54, 1.807) is 18.3 Å². The van der Waals surface area contributed by atoms with E-state index in [0.717, 1.165) is 12.3 Å². The van der Waals surface area contributed by atoms with Crippen LogP contribution in [-0.4, -0.2) is 52.5 Å². The Kier molecular flexibility index (Phi) is 6.42. The van der Waals surface area contributed by atoms with Gasteiger partial charge in [0.05, 0.1) is 24.0 Å². The Morgan fingerprint density at radius 1 is 1.14 bits per heavy atom. The molecule has 2 aromatic heterocycles. The maximum absolute atomic E-state index is 12.7. The molecule has 1 N–H and O–H groups in total. The number of aromatic nitrogens is 2. The molecule has 3 heterocycles. The van der Waals surface area contributed by atoms with Crippen molar-refractivity contribution in [3.8, 4) is 0 Å². The monoisotopic (exact) mass is 471 g/mol. The molecule has 156 valence electrons. The molecule has 0 saturated carbocycles. The second-order valence-electron chi connectivity index (χ2n) is 7.10. The van der Waals surface area contributed by atoms with Crippen LogP contribution in [0.5, 0.6) is 0 Å². The highest BCUT2D eigenvalue weighted by Crippen LogP contribution is 2.30. The summed E-state index contributed by atoms with van der Waals surface area (Å²) in [6, 6.07) is 5.98. The van der Waals surface area contributed by atoms with Crippen molar-refractivity contribution in [2.24, 2.45) is 0 Å². The molecule has 1 aliphatic heterocycles. The van der Waals surface area contributed by atoms with Gasteiger partial charge >= 0.3 is 6.18 Å². The van der Waals surface area contributed by atoms with E-state index in [-0.39, 0.29) is 24.5 Å². The molecule has 3 rings (SSSR count). The predicted octanol–water partition coefficient (Wildman–Crippen LogP) is 3.80. The Morgan fingerprint density at radius 2 is 1.90 bits per heavy atom. The number of hydrogen-bond donors (Lipinski definition) is 1. The predicted molar refractivity (Wildman–Crippen MR) is 108 cm³/mol. The van der Waals surface area contributed by atoms with Gasteiger partial charge in [0.2, 0.25) is 5.91 Å². The summed E-state index contributed by atoms with van der Waals surface area (Å²) in [6.45, 7) is 5.32. The van der Waals surface area contributed by atoms with Crippen LogP contribution >= 0.6 is 15.9 Å². The Hall–Kier alpha value is -2.20. The van der Waals surface area contributed by atoms with Gasteiger partial charge in [-0.15, -0.1) is 0 Å². The third kappa shape index (κ3) is 5.45. The van der Waals surface area contributed by atoms with Gasteiger partial charge in [0.1, 0.15) is 10.4 Å². The lowest BCUT2D eigenvalue weighted by molar-refractivity contribution is -0.137. The zero-order valence-corrected chi connectivity index (χ0v) is 17.5. The number of nitrogens with zero attached hydrogens (tertiary/aromatic N) is 4. The van der Waals surface area contributed by atoms with Crippen molar-refractivity contribution in [2.45, 2.75) is 32.1 Å². The average Bonchev–Trinajstić information content (AvgIpc) is 2.66. The summed E-state index contributed by atoms with van der Waals surface area (Å²) in [5.41, 5.74) is -0.147. The molecule has 1 fully saturated rings. The second kappa shape index (κ2) is 8.66. The molecule has 0 radical (unpaired) electrons. The van der Waals surface area contributed by atoms with Crippen molar-refractivity contribution in [2.75, 3.05) is 29.9 Å². The van der Waals surface area contributed by atoms with Crippen molar-refractivity contribution in [1.82, 2.24) is 14.9 Å². The van der Waals surface area contributed by atoms with Gasteiger partial charge in [-0.1, -0.05) is 0 Å². The number of hydrogen-bond acceptors (Lipinski definition) is 5. The van der Waals surface area contributed by atoms with Crippen LogP contribution in [0.4, 0.5) is 24.7 Å². The largest absolute Gasteiger partial charge is 0.417 e. The molecule has 1 aliphatic rings. The molecular weight excluding hydrogens is 451 g/mol. The standard InChI is InChI=1S/C19H21BrF3N5O/c1-12-10-28(17-6-3-14(7-25-17)19(21,22)23)13(2)9-27(12)11-18(29)26-15-4-5-16(20)24-8-15/h3-8,12-13H,9-11H2,1-2H3,(H,26,29). The maximum Gasteiger partial charge on any atom is 0.417 e. The van der Waals surface area contributed by atoms with Crippen LogP contribution in [0.3, 0.4) is 0 Å². The van der Waals surface area contributed by atoms with Gasteiger partial charge in [0, 0.05) is 31.4 Å². The fourth-order valence-electron chi connectivity index (χ4n) is 3.30. The SMILES string of the molecule is CC1CN(c2ccc(C(F)(F)F)cn2)C(C)CN1CC(=O)Nc1ccc(Br)nc1. The normalized spacial score (nSPS) is 20.6. The van der Waals surface area contributed by atoms with Crippen molar-refractivity contribution >= 4 is 33.3 Å². The van der Waals surface area contributed by atoms with E-state index in [0.29, 0.717) is 29.2 Å². The van der Waals surface area contributed by atoms with Crippen LogP contribution in [0, 0.1) is 0 Å². The lowest BCUT2D eigenvalue weighted by Crippen LogP contribution is -2.58. The zero-order chi connectivity index (χ0) is 21.2. The number of piperazine rings is 1. The Labute approximate surface area is 175 Å². The number of carbonyl (C=O) groups is 1. The topological polar surface area (TPSA) is 61.4 Å². The minimum Gasteiger partial charge on any atom is -0.351 e. The minimum atomic E-state index is -4.40. The highest BCUT2D eigenvalue weighted by Gasteiger charge is 2.33. The molecule has 2 atom stereocenters. The van der Waals surface area contributed by atoms with Gasteiger partial charge in [0.25, 0.3) is 0 Å². The molecule has 0 aromatic carbocycles. The van der Waals surface area contributed by atoms with Gasteiger partial charge in [-0.3, -0.25) is 9.69 Å². The van der Waals surface area contributed by atoms with Crippen molar-refractivity contribution in [3.63, 3.8) is 0 Å². The van der Waals surface area contributed by atoms with E-state index < -0.39 is 11.7 Å². The smallest absolute Gasteiger partial charge is 0.351 e. The summed E-state index contributed by atoms with van der Waals surface area (Å²) in [5.74, 6) is 0.358. The van der Waals surface area contributed by atoms with Gasteiger partial charge < -0.3 is 10.2 Å². The minimum absolute atomic E-state index is 0.00224. The molecule has 0 aliphatic carbocycles. The summed E-state index contributed by atoms with van der Waals surface area (Å²) in [6.07, 6.45) is -1.97. The van der Waals surface area contributed by atoms with Crippen LogP contribution in [0.15, 0.2) is 41.3 Å².